The molecule has 0 heterocycles. The van der Waals surface area contributed by atoms with Gasteiger partial charge in [0.25, 0.3) is 0 Å². The number of imide groups is 1. The highest BCUT2D eigenvalue weighted by atomic mass is 32.2. The van der Waals surface area contributed by atoms with E-state index < -0.39 is 28.8 Å². The van der Waals surface area contributed by atoms with Crippen molar-refractivity contribution in [2.45, 2.75) is 23.6 Å². The van der Waals surface area contributed by atoms with Crippen molar-refractivity contribution in [3.8, 4) is 0 Å². The van der Waals surface area contributed by atoms with Crippen LogP contribution < -0.4 is 10.6 Å². The lowest BCUT2D eigenvalue weighted by Gasteiger charge is -2.12. The van der Waals surface area contributed by atoms with Crippen LogP contribution in [-0.4, -0.2) is 17.2 Å². The van der Waals surface area contributed by atoms with Crippen molar-refractivity contribution in [1.82, 2.24) is 10.6 Å². The lowest BCUT2D eigenvalue weighted by Crippen LogP contribution is -2.42. The number of halogens is 2. The smallest absolute Gasteiger partial charge is 0.321 e. The Hall–Kier alpha value is -2.41. The van der Waals surface area contributed by atoms with Crippen molar-refractivity contribution >= 4 is 23.7 Å². The van der Waals surface area contributed by atoms with Crippen LogP contribution in [0.2, 0.25) is 0 Å². The summed E-state index contributed by atoms with van der Waals surface area (Å²) in [6, 6.07) is 11.7. The molecule has 0 aliphatic rings. The Labute approximate surface area is 142 Å². The van der Waals surface area contributed by atoms with Gasteiger partial charge in [-0.05, 0) is 24.6 Å². The molecule has 0 aliphatic carbocycles. The minimum atomic E-state index is -0.742. The fraction of sp³-hybridized carbons (Fsp3) is 0.176. The van der Waals surface area contributed by atoms with Gasteiger partial charge in [-0.3, -0.25) is 10.1 Å². The first kappa shape index (κ1) is 17.9. The van der Waals surface area contributed by atoms with Crippen LogP contribution in [0.25, 0.3) is 0 Å². The Bertz CT molecular complexity index is 726. The Morgan fingerprint density at radius 1 is 1.12 bits per heavy atom. The maximum absolute atomic E-state index is 13.6. The predicted molar refractivity (Wildman–Crippen MR) is 88.5 cm³/mol. The molecule has 1 atom stereocenters. The molecule has 1 unspecified atom stereocenters. The largest absolute Gasteiger partial charge is 0.334 e. The van der Waals surface area contributed by atoms with E-state index in [2.05, 4.69) is 10.6 Å². The highest BCUT2D eigenvalue weighted by Gasteiger charge is 2.18. The topological polar surface area (TPSA) is 58.2 Å². The van der Waals surface area contributed by atoms with Gasteiger partial charge in [-0.2, -0.15) is 0 Å². The summed E-state index contributed by atoms with van der Waals surface area (Å²) in [7, 11) is 0. The van der Waals surface area contributed by atoms with Gasteiger partial charge in [0.1, 0.15) is 11.6 Å². The van der Waals surface area contributed by atoms with Crippen LogP contribution in [-0.2, 0) is 11.3 Å². The van der Waals surface area contributed by atoms with Crippen LogP contribution in [0.4, 0.5) is 13.6 Å². The molecule has 0 saturated carbocycles. The number of benzene rings is 2. The zero-order valence-electron chi connectivity index (χ0n) is 12.9. The molecule has 126 valence electrons. The van der Waals surface area contributed by atoms with Gasteiger partial charge in [0.15, 0.2) is 0 Å². The van der Waals surface area contributed by atoms with Crippen molar-refractivity contribution in [2.24, 2.45) is 0 Å². The average molecular weight is 350 g/mol. The van der Waals surface area contributed by atoms with E-state index in [0.717, 1.165) is 29.5 Å². The molecule has 4 nitrogen and oxygen atoms in total. The quantitative estimate of drug-likeness (QED) is 0.812. The van der Waals surface area contributed by atoms with Crippen molar-refractivity contribution in [1.29, 1.82) is 0 Å². The fourth-order valence-electron chi connectivity index (χ4n) is 1.85. The summed E-state index contributed by atoms with van der Waals surface area (Å²) in [6.45, 7) is 1.82. The minimum Gasteiger partial charge on any atom is -0.334 e. The number of carbonyl (C=O) groups is 2. The van der Waals surface area contributed by atoms with Gasteiger partial charge in [0, 0.05) is 17.5 Å². The summed E-state index contributed by atoms with van der Waals surface area (Å²) >= 11 is 0.910. The molecule has 24 heavy (non-hydrogen) atoms. The van der Waals surface area contributed by atoms with Gasteiger partial charge in [0.2, 0.25) is 5.91 Å². The first-order chi connectivity index (χ1) is 11.5. The van der Waals surface area contributed by atoms with E-state index in [4.69, 9.17) is 0 Å². The maximum atomic E-state index is 13.6. The summed E-state index contributed by atoms with van der Waals surface area (Å²) in [6.07, 6.45) is 0. The number of hydrogen-bond donors (Lipinski definition) is 2. The van der Waals surface area contributed by atoms with Gasteiger partial charge in [0.05, 0.1) is 5.25 Å². The van der Waals surface area contributed by atoms with Gasteiger partial charge in [-0.1, -0.05) is 30.3 Å². The molecule has 3 amide bonds. The van der Waals surface area contributed by atoms with Crippen LogP contribution in [0.1, 0.15) is 12.5 Å². The fourth-order valence-corrected chi connectivity index (χ4v) is 2.72. The van der Waals surface area contributed by atoms with Crippen molar-refractivity contribution < 1.29 is 18.4 Å². The molecule has 2 N–H and O–H groups in total. The second kappa shape index (κ2) is 8.44. The Morgan fingerprint density at radius 2 is 1.83 bits per heavy atom. The number of rotatable bonds is 5. The standard InChI is InChI=1S/C17H16F2N2O2S/c1-11(24-15-8-7-13(18)9-14(15)19)16(22)21-17(23)20-10-12-5-3-2-4-6-12/h2-9,11H,10H2,1H3,(H2,20,21,22,23). The van der Waals surface area contributed by atoms with E-state index in [0.29, 0.717) is 0 Å². The predicted octanol–water partition coefficient (Wildman–Crippen LogP) is 3.47. The van der Waals surface area contributed by atoms with E-state index in [9.17, 15) is 18.4 Å². The zero-order chi connectivity index (χ0) is 17.5. The Kier molecular flexibility index (Phi) is 6.31. The van der Waals surface area contributed by atoms with Gasteiger partial charge >= 0.3 is 6.03 Å². The number of urea groups is 1. The molecule has 0 fully saturated rings. The van der Waals surface area contributed by atoms with Crippen LogP contribution in [0.3, 0.4) is 0 Å². The molecule has 2 aromatic carbocycles. The van der Waals surface area contributed by atoms with Gasteiger partial charge in [-0.15, -0.1) is 11.8 Å². The van der Waals surface area contributed by atoms with Gasteiger partial charge in [-0.25, -0.2) is 13.6 Å². The Balaban J connectivity index is 1.83. The molecule has 7 heteroatoms. The third-order valence-electron chi connectivity index (χ3n) is 3.10. The van der Waals surface area contributed by atoms with Crippen LogP contribution in [0.5, 0.6) is 0 Å². The van der Waals surface area contributed by atoms with E-state index in [1.807, 2.05) is 30.3 Å². The average Bonchev–Trinajstić information content (AvgIpc) is 2.56. The third-order valence-corrected chi connectivity index (χ3v) is 4.25. The minimum absolute atomic E-state index is 0.142. The summed E-state index contributed by atoms with van der Waals surface area (Å²) in [5.41, 5.74) is 0.899. The molecule has 0 radical (unpaired) electrons. The number of hydrogen-bond acceptors (Lipinski definition) is 3. The summed E-state index contributed by atoms with van der Waals surface area (Å²) in [5.74, 6) is -1.99. The molecule has 0 bridgehead atoms. The second-order valence-corrected chi connectivity index (χ2v) is 6.37. The normalized spacial score (nSPS) is 11.6. The van der Waals surface area contributed by atoms with E-state index in [-0.39, 0.29) is 11.4 Å². The second-order valence-electron chi connectivity index (χ2n) is 4.99. The van der Waals surface area contributed by atoms with E-state index in [1.165, 1.54) is 13.0 Å². The van der Waals surface area contributed by atoms with E-state index >= 15 is 0 Å². The SMILES string of the molecule is CC(Sc1ccc(F)cc1F)C(=O)NC(=O)NCc1ccccc1. The molecule has 0 aliphatic heterocycles. The van der Waals surface area contributed by atoms with Crippen molar-refractivity contribution in [2.75, 3.05) is 0 Å². The molecule has 2 rings (SSSR count). The lowest BCUT2D eigenvalue weighted by molar-refractivity contribution is -0.119. The maximum Gasteiger partial charge on any atom is 0.321 e. The molecule has 2 aromatic rings. The summed E-state index contributed by atoms with van der Waals surface area (Å²) in [5, 5.41) is 4.04. The molecular weight excluding hydrogens is 334 g/mol. The summed E-state index contributed by atoms with van der Waals surface area (Å²) in [4.78, 5) is 23.8. The van der Waals surface area contributed by atoms with Crippen LogP contribution >= 0.6 is 11.8 Å². The molecular formula is C17H16F2N2O2S. The summed E-state index contributed by atoms with van der Waals surface area (Å²) < 4.78 is 26.4. The van der Waals surface area contributed by atoms with Gasteiger partial charge < -0.3 is 5.32 Å². The van der Waals surface area contributed by atoms with Crippen LogP contribution in [0, 0.1) is 11.6 Å². The zero-order valence-corrected chi connectivity index (χ0v) is 13.7. The highest BCUT2D eigenvalue weighted by Crippen LogP contribution is 2.26. The molecule has 0 spiro atoms. The van der Waals surface area contributed by atoms with Crippen LogP contribution in [0.15, 0.2) is 53.4 Å². The van der Waals surface area contributed by atoms with Crippen molar-refractivity contribution in [3.63, 3.8) is 0 Å². The Morgan fingerprint density at radius 3 is 2.50 bits per heavy atom. The number of amides is 3. The van der Waals surface area contributed by atoms with Crippen molar-refractivity contribution in [3.05, 3.63) is 65.7 Å². The number of thioether (sulfide) groups is 1. The highest BCUT2D eigenvalue weighted by molar-refractivity contribution is 8.00. The third kappa shape index (κ3) is 5.34. The van der Waals surface area contributed by atoms with E-state index in [1.54, 1.807) is 0 Å². The monoisotopic (exact) mass is 350 g/mol. The molecule has 0 aromatic heterocycles. The number of nitrogens with one attached hydrogen (secondary N) is 2. The first-order valence-electron chi connectivity index (χ1n) is 7.20. The number of carbonyl (C=O) groups excluding carboxylic acids is 2. The molecule has 0 saturated heterocycles. The first-order valence-corrected chi connectivity index (χ1v) is 8.08. The lowest BCUT2D eigenvalue weighted by atomic mass is 10.2.